The maximum absolute atomic E-state index is 11.0. The molecule has 0 aromatic rings. The Labute approximate surface area is 65.6 Å². The lowest BCUT2D eigenvalue weighted by atomic mass is 9.58. The molecule has 2 nitrogen and oxygen atoms in total. The molecule has 0 aromatic carbocycles. The number of rotatable bonds is 1. The third kappa shape index (κ3) is 0.397. The lowest BCUT2D eigenvalue weighted by molar-refractivity contribution is -0.162. The van der Waals surface area contributed by atoms with E-state index in [1.165, 1.54) is 19.3 Å². The molecule has 3 aliphatic carbocycles. The molecule has 1 spiro atoms. The van der Waals surface area contributed by atoms with Gasteiger partial charge in [-0.05, 0) is 43.4 Å². The van der Waals surface area contributed by atoms with Crippen molar-refractivity contribution in [3.8, 4) is 0 Å². The highest BCUT2D eigenvalue weighted by atomic mass is 16.4. The molecule has 2 heteroatoms. The summed E-state index contributed by atoms with van der Waals surface area (Å²) < 4.78 is 0. The summed E-state index contributed by atoms with van der Waals surface area (Å²) >= 11 is 0. The second-order valence-corrected chi connectivity index (χ2v) is 4.48. The molecule has 3 unspecified atom stereocenters. The van der Waals surface area contributed by atoms with Crippen LogP contribution in [-0.2, 0) is 4.79 Å². The SMILES string of the molecule is O=C(O)C12CCC3CC31CC2. The summed E-state index contributed by atoms with van der Waals surface area (Å²) in [4.78, 5) is 11.0. The first-order valence-corrected chi connectivity index (χ1v) is 4.45. The topological polar surface area (TPSA) is 37.3 Å². The Kier molecular flexibility index (Phi) is 0.739. The molecule has 3 fully saturated rings. The van der Waals surface area contributed by atoms with Crippen LogP contribution >= 0.6 is 0 Å². The van der Waals surface area contributed by atoms with Crippen LogP contribution in [0.5, 0.6) is 0 Å². The lowest BCUT2D eigenvalue weighted by Gasteiger charge is -2.44. The van der Waals surface area contributed by atoms with Crippen molar-refractivity contribution in [1.82, 2.24) is 0 Å². The molecule has 0 saturated heterocycles. The summed E-state index contributed by atoms with van der Waals surface area (Å²) in [6, 6.07) is 0. The van der Waals surface area contributed by atoms with E-state index in [0.717, 1.165) is 18.8 Å². The van der Waals surface area contributed by atoms with Crippen molar-refractivity contribution in [2.24, 2.45) is 16.7 Å². The van der Waals surface area contributed by atoms with Crippen molar-refractivity contribution >= 4 is 5.97 Å². The number of carboxylic acids is 1. The van der Waals surface area contributed by atoms with Gasteiger partial charge in [-0.1, -0.05) is 0 Å². The van der Waals surface area contributed by atoms with Crippen molar-refractivity contribution in [3.63, 3.8) is 0 Å². The Morgan fingerprint density at radius 1 is 1.36 bits per heavy atom. The Hall–Kier alpha value is -0.530. The van der Waals surface area contributed by atoms with Crippen molar-refractivity contribution in [3.05, 3.63) is 0 Å². The number of aliphatic carboxylic acids is 1. The van der Waals surface area contributed by atoms with Crippen molar-refractivity contribution in [1.29, 1.82) is 0 Å². The number of hydrogen-bond acceptors (Lipinski definition) is 1. The minimum Gasteiger partial charge on any atom is -0.481 e. The smallest absolute Gasteiger partial charge is 0.310 e. The second kappa shape index (κ2) is 1.35. The Balaban J connectivity index is 2.04. The summed E-state index contributed by atoms with van der Waals surface area (Å²) in [6.45, 7) is 0. The van der Waals surface area contributed by atoms with Crippen molar-refractivity contribution < 1.29 is 9.90 Å². The average Bonchev–Trinajstić information content (AvgIpc) is 2.58. The molecule has 0 amide bonds. The number of carbonyl (C=O) groups is 1. The molecule has 60 valence electrons. The molecular weight excluding hydrogens is 140 g/mol. The van der Waals surface area contributed by atoms with Crippen LogP contribution in [-0.4, -0.2) is 11.1 Å². The van der Waals surface area contributed by atoms with Gasteiger partial charge in [0.25, 0.3) is 0 Å². The fraction of sp³-hybridized carbons (Fsp3) is 0.889. The van der Waals surface area contributed by atoms with E-state index in [9.17, 15) is 4.79 Å². The van der Waals surface area contributed by atoms with Gasteiger partial charge in [-0.2, -0.15) is 0 Å². The second-order valence-electron chi connectivity index (χ2n) is 4.48. The summed E-state index contributed by atoms with van der Waals surface area (Å²) in [5, 5.41) is 9.09. The molecule has 0 aliphatic heterocycles. The molecular formula is C9H12O2. The van der Waals surface area contributed by atoms with Gasteiger partial charge in [0, 0.05) is 0 Å². The van der Waals surface area contributed by atoms with Crippen LogP contribution in [0.1, 0.15) is 32.1 Å². The van der Waals surface area contributed by atoms with E-state index in [-0.39, 0.29) is 5.41 Å². The van der Waals surface area contributed by atoms with E-state index in [1.807, 2.05) is 0 Å². The predicted molar refractivity (Wildman–Crippen MR) is 39.1 cm³/mol. The Bertz CT molecular complexity index is 242. The predicted octanol–water partition coefficient (Wildman–Crippen LogP) is 1.65. The molecule has 3 rings (SSSR count). The molecule has 0 heterocycles. The van der Waals surface area contributed by atoms with Gasteiger partial charge < -0.3 is 5.11 Å². The van der Waals surface area contributed by atoms with E-state index >= 15 is 0 Å². The first-order chi connectivity index (χ1) is 5.21. The van der Waals surface area contributed by atoms with Gasteiger partial charge in [0.15, 0.2) is 0 Å². The van der Waals surface area contributed by atoms with Crippen LogP contribution in [0.15, 0.2) is 0 Å². The normalized spacial score (nSPS) is 57.6. The molecule has 0 aromatic heterocycles. The van der Waals surface area contributed by atoms with Crippen LogP contribution in [0, 0.1) is 16.7 Å². The fourth-order valence-corrected chi connectivity index (χ4v) is 3.62. The molecule has 0 radical (unpaired) electrons. The highest BCUT2D eigenvalue weighted by molar-refractivity contribution is 5.79. The summed E-state index contributed by atoms with van der Waals surface area (Å²) in [6.07, 6.45) is 5.53. The third-order valence-corrected chi connectivity index (χ3v) is 4.51. The third-order valence-electron chi connectivity index (χ3n) is 4.51. The summed E-state index contributed by atoms with van der Waals surface area (Å²) in [5.74, 6) is 0.288. The van der Waals surface area contributed by atoms with Gasteiger partial charge >= 0.3 is 5.97 Å². The van der Waals surface area contributed by atoms with Crippen LogP contribution in [0.3, 0.4) is 0 Å². The number of hydrogen-bond donors (Lipinski definition) is 1. The van der Waals surface area contributed by atoms with Crippen LogP contribution in [0.2, 0.25) is 0 Å². The van der Waals surface area contributed by atoms with E-state index < -0.39 is 5.97 Å². The van der Waals surface area contributed by atoms with E-state index in [1.54, 1.807) is 0 Å². The van der Waals surface area contributed by atoms with Gasteiger partial charge in [-0.3, -0.25) is 4.79 Å². The van der Waals surface area contributed by atoms with Crippen LogP contribution in [0.25, 0.3) is 0 Å². The summed E-state index contributed by atoms with van der Waals surface area (Å²) in [7, 11) is 0. The molecule has 1 N–H and O–H groups in total. The van der Waals surface area contributed by atoms with Gasteiger partial charge in [0.1, 0.15) is 0 Å². The largest absolute Gasteiger partial charge is 0.481 e. The van der Waals surface area contributed by atoms with Crippen LogP contribution < -0.4 is 0 Å². The van der Waals surface area contributed by atoms with Gasteiger partial charge in [0.2, 0.25) is 0 Å². The standard InChI is InChI=1S/C9H12O2/c10-7(11)8-2-1-6-5-9(6,8)4-3-8/h6H,1-5H2,(H,10,11). The highest BCUT2D eigenvalue weighted by Crippen LogP contribution is 2.82. The molecule has 3 aliphatic rings. The first kappa shape index (κ1) is 6.04. The van der Waals surface area contributed by atoms with E-state index in [4.69, 9.17) is 5.11 Å². The molecule has 3 saturated carbocycles. The maximum atomic E-state index is 11.0. The Morgan fingerprint density at radius 2 is 2.18 bits per heavy atom. The summed E-state index contributed by atoms with van der Waals surface area (Å²) in [5.41, 5.74) is 0.0799. The molecule has 11 heavy (non-hydrogen) atoms. The highest BCUT2D eigenvalue weighted by Gasteiger charge is 2.78. The van der Waals surface area contributed by atoms with Gasteiger partial charge in [0.05, 0.1) is 5.41 Å². The van der Waals surface area contributed by atoms with Crippen LogP contribution in [0.4, 0.5) is 0 Å². The van der Waals surface area contributed by atoms with E-state index in [2.05, 4.69) is 0 Å². The number of carboxylic acid groups (broad SMARTS) is 1. The zero-order valence-corrected chi connectivity index (χ0v) is 6.47. The average molecular weight is 152 g/mol. The zero-order valence-electron chi connectivity index (χ0n) is 6.47. The first-order valence-electron chi connectivity index (χ1n) is 4.45. The van der Waals surface area contributed by atoms with Crippen molar-refractivity contribution in [2.45, 2.75) is 32.1 Å². The monoisotopic (exact) mass is 152 g/mol. The van der Waals surface area contributed by atoms with Gasteiger partial charge in [-0.25, -0.2) is 0 Å². The minimum absolute atomic E-state index is 0.238. The molecule has 0 bridgehead atoms. The van der Waals surface area contributed by atoms with Crippen molar-refractivity contribution in [2.75, 3.05) is 0 Å². The Morgan fingerprint density at radius 3 is 2.45 bits per heavy atom. The fourth-order valence-electron chi connectivity index (χ4n) is 3.62. The van der Waals surface area contributed by atoms with Gasteiger partial charge in [-0.15, -0.1) is 0 Å². The maximum Gasteiger partial charge on any atom is 0.310 e. The minimum atomic E-state index is -0.510. The zero-order chi connectivity index (χ0) is 7.69. The van der Waals surface area contributed by atoms with E-state index in [0.29, 0.717) is 5.41 Å². The molecule has 3 atom stereocenters. The quantitative estimate of drug-likeness (QED) is 0.620. The lowest BCUT2D eigenvalue weighted by Crippen LogP contribution is -2.46.